The molecular weight excluding hydrogens is 422 g/mol. The number of carboxylic acid groups (broad SMARTS) is 1. The number of aliphatic carboxylic acids is 1. The minimum Gasteiger partial charge on any atom is -0.491 e. The second-order valence-corrected chi connectivity index (χ2v) is 8.08. The molecule has 7 heteroatoms. The van der Waals surface area contributed by atoms with E-state index in [-0.39, 0.29) is 12.7 Å². The Labute approximate surface area is 194 Å². The van der Waals surface area contributed by atoms with Crippen molar-refractivity contribution < 1.29 is 28.5 Å². The number of nitrogens with zero attached hydrogens (tertiary/aromatic N) is 1. The van der Waals surface area contributed by atoms with Crippen molar-refractivity contribution >= 4 is 5.97 Å². The van der Waals surface area contributed by atoms with E-state index < -0.39 is 12.1 Å². The number of carbonyl (C=O) groups is 1. The number of hydrogen-bond acceptors (Lipinski definition) is 6. The summed E-state index contributed by atoms with van der Waals surface area (Å²) in [6.45, 7) is 10.2. The fourth-order valence-electron chi connectivity index (χ4n) is 3.39. The van der Waals surface area contributed by atoms with Crippen molar-refractivity contribution in [1.82, 2.24) is 4.98 Å². The van der Waals surface area contributed by atoms with E-state index in [1.165, 1.54) is 0 Å². The van der Waals surface area contributed by atoms with Crippen molar-refractivity contribution in [3.63, 3.8) is 0 Å². The van der Waals surface area contributed by atoms with Gasteiger partial charge in [0, 0.05) is 18.6 Å². The zero-order chi connectivity index (χ0) is 24.0. The number of hydrogen-bond donors (Lipinski definition) is 1. The average Bonchev–Trinajstić information content (AvgIpc) is 3.14. The van der Waals surface area contributed by atoms with Crippen molar-refractivity contribution in [3.05, 3.63) is 65.0 Å². The highest BCUT2D eigenvalue weighted by atomic mass is 16.5. The van der Waals surface area contributed by atoms with Gasteiger partial charge in [-0.15, -0.1) is 0 Å². The standard InChI is InChI=1S/C26H31NO6/c1-6-30-24(26(28)29)14-20-9-12-22(13-17(20)4)31-15-23-18(5)33-25(27-23)19-7-10-21(11-8-19)32-16(2)3/h7-13,16,24H,6,14-15H2,1-5H3,(H,28,29). The molecule has 2 aromatic carbocycles. The maximum atomic E-state index is 11.4. The highest BCUT2D eigenvalue weighted by molar-refractivity contribution is 5.72. The largest absolute Gasteiger partial charge is 0.491 e. The molecule has 0 aliphatic rings. The van der Waals surface area contributed by atoms with E-state index >= 15 is 0 Å². The third-order valence-electron chi connectivity index (χ3n) is 5.10. The van der Waals surface area contributed by atoms with Crippen molar-refractivity contribution in [1.29, 1.82) is 0 Å². The fraction of sp³-hybridized carbons (Fsp3) is 0.385. The molecule has 1 unspecified atom stereocenters. The van der Waals surface area contributed by atoms with Crippen LogP contribution in [0.15, 0.2) is 46.9 Å². The van der Waals surface area contributed by atoms with Gasteiger partial charge in [0.1, 0.15) is 29.6 Å². The van der Waals surface area contributed by atoms with Crippen LogP contribution in [0.25, 0.3) is 11.5 Å². The van der Waals surface area contributed by atoms with E-state index in [2.05, 4.69) is 4.98 Å². The van der Waals surface area contributed by atoms with Crippen LogP contribution in [-0.4, -0.2) is 34.9 Å². The van der Waals surface area contributed by atoms with Crippen LogP contribution in [0.1, 0.15) is 43.4 Å². The molecule has 7 nitrogen and oxygen atoms in total. The highest BCUT2D eigenvalue weighted by Gasteiger charge is 2.19. The second-order valence-electron chi connectivity index (χ2n) is 8.08. The maximum absolute atomic E-state index is 11.4. The lowest BCUT2D eigenvalue weighted by atomic mass is 10.0. The normalized spacial score (nSPS) is 12.1. The molecule has 0 bridgehead atoms. The topological polar surface area (TPSA) is 91.0 Å². The van der Waals surface area contributed by atoms with Crippen molar-refractivity contribution in [2.45, 2.75) is 59.9 Å². The smallest absolute Gasteiger partial charge is 0.333 e. The molecule has 1 heterocycles. The molecule has 0 aliphatic carbocycles. The third-order valence-corrected chi connectivity index (χ3v) is 5.10. The first-order chi connectivity index (χ1) is 15.8. The van der Waals surface area contributed by atoms with Crippen molar-refractivity contribution in [3.8, 4) is 23.0 Å². The van der Waals surface area contributed by atoms with Crippen LogP contribution in [0.5, 0.6) is 11.5 Å². The van der Waals surface area contributed by atoms with Gasteiger partial charge in [-0.25, -0.2) is 9.78 Å². The Morgan fingerprint density at radius 1 is 1.09 bits per heavy atom. The molecule has 0 aliphatic heterocycles. The summed E-state index contributed by atoms with van der Waals surface area (Å²) in [6, 6.07) is 13.2. The summed E-state index contributed by atoms with van der Waals surface area (Å²) in [4.78, 5) is 15.9. The Bertz CT molecular complexity index is 1070. The Morgan fingerprint density at radius 2 is 1.79 bits per heavy atom. The SMILES string of the molecule is CCOC(Cc1ccc(OCc2nc(-c3ccc(OC(C)C)cc3)oc2C)cc1C)C(=O)O. The molecule has 0 fully saturated rings. The van der Waals surface area contributed by atoms with E-state index in [1.807, 2.05) is 70.2 Å². The van der Waals surface area contributed by atoms with Crippen LogP contribution in [0, 0.1) is 13.8 Å². The van der Waals surface area contributed by atoms with Gasteiger partial charge in [0.05, 0.1) is 6.10 Å². The van der Waals surface area contributed by atoms with Gasteiger partial charge in [-0.3, -0.25) is 0 Å². The number of aryl methyl sites for hydroxylation is 2. The van der Waals surface area contributed by atoms with Crippen LogP contribution in [0.3, 0.4) is 0 Å². The van der Waals surface area contributed by atoms with Crippen LogP contribution in [-0.2, 0) is 22.6 Å². The van der Waals surface area contributed by atoms with Crippen LogP contribution >= 0.6 is 0 Å². The summed E-state index contributed by atoms with van der Waals surface area (Å²) in [6.07, 6.45) is -0.436. The molecule has 0 spiro atoms. The number of carboxylic acids is 1. The number of ether oxygens (including phenoxy) is 3. The average molecular weight is 454 g/mol. The Kier molecular flexibility index (Phi) is 8.11. The molecule has 33 heavy (non-hydrogen) atoms. The Balaban J connectivity index is 1.65. The first-order valence-corrected chi connectivity index (χ1v) is 11.1. The zero-order valence-corrected chi connectivity index (χ0v) is 19.8. The van der Waals surface area contributed by atoms with Gasteiger partial charge in [0.25, 0.3) is 0 Å². The summed E-state index contributed by atoms with van der Waals surface area (Å²) in [5, 5.41) is 9.31. The van der Waals surface area contributed by atoms with Crippen molar-refractivity contribution in [2.24, 2.45) is 0 Å². The van der Waals surface area contributed by atoms with E-state index in [0.29, 0.717) is 30.4 Å². The summed E-state index contributed by atoms with van der Waals surface area (Å²) in [5.74, 6) is 1.75. The lowest BCUT2D eigenvalue weighted by Crippen LogP contribution is -2.26. The van der Waals surface area contributed by atoms with Gasteiger partial charge in [-0.1, -0.05) is 6.07 Å². The predicted octanol–water partition coefficient (Wildman–Crippen LogP) is 5.36. The quantitative estimate of drug-likeness (QED) is 0.418. The molecule has 0 amide bonds. The maximum Gasteiger partial charge on any atom is 0.333 e. The molecule has 176 valence electrons. The molecular formula is C26H31NO6. The molecule has 3 aromatic rings. The minimum absolute atomic E-state index is 0.115. The molecule has 0 saturated carbocycles. The van der Waals surface area contributed by atoms with Gasteiger partial charge in [0.15, 0.2) is 6.10 Å². The van der Waals surface area contributed by atoms with Gasteiger partial charge in [-0.2, -0.15) is 0 Å². The number of rotatable bonds is 11. The summed E-state index contributed by atoms with van der Waals surface area (Å²) in [7, 11) is 0. The molecule has 1 N–H and O–H groups in total. The van der Waals surface area contributed by atoms with Crippen molar-refractivity contribution in [2.75, 3.05) is 6.61 Å². The number of benzene rings is 2. The van der Waals surface area contributed by atoms with Gasteiger partial charge in [-0.05, 0) is 82.1 Å². The van der Waals surface area contributed by atoms with Gasteiger partial charge in [0.2, 0.25) is 5.89 Å². The van der Waals surface area contributed by atoms with Crippen LogP contribution in [0.4, 0.5) is 0 Å². The van der Waals surface area contributed by atoms with E-state index in [1.54, 1.807) is 6.92 Å². The molecule has 3 rings (SSSR count). The first-order valence-electron chi connectivity index (χ1n) is 11.1. The first kappa shape index (κ1) is 24.3. The third kappa shape index (κ3) is 6.58. The monoisotopic (exact) mass is 453 g/mol. The van der Waals surface area contributed by atoms with E-state index in [4.69, 9.17) is 18.6 Å². The number of aromatic nitrogens is 1. The molecule has 1 aromatic heterocycles. The Hall–Kier alpha value is -3.32. The fourth-order valence-corrected chi connectivity index (χ4v) is 3.39. The van der Waals surface area contributed by atoms with Crippen LogP contribution in [0.2, 0.25) is 0 Å². The van der Waals surface area contributed by atoms with E-state index in [9.17, 15) is 9.90 Å². The predicted molar refractivity (Wildman–Crippen MR) is 125 cm³/mol. The van der Waals surface area contributed by atoms with Gasteiger partial charge >= 0.3 is 5.97 Å². The second kappa shape index (κ2) is 11.0. The van der Waals surface area contributed by atoms with Gasteiger partial charge < -0.3 is 23.7 Å². The Morgan fingerprint density at radius 3 is 2.39 bits per heavy atom. The zero-order valence-electron chi connectivity index (χ0n) is 19.8. The minimum atomic E-state index is -0.962. The summed E-state index contributed by atoms with van der Waals surface area (Å²) < 4.78 is 22.8. The molecule has 0 saturated heterocycles. The van der Waals surface area contributed by atoms with Crippen LogP contribution < -0.4 is 9.47 Å². The highest BCUT2D eigenvalue weighted by Crippen LogP contribution is 2.26. The summed E-state index contributed by atoms with van der Waals surface area (Å²) >= 11 is 0. The number of oxazole rings is 1. The summed E-state index contributed by atoms with van der Waals surface area (Å²) in [5.41, 5.74) is 3.44. The molecule has 0 radical (unpaired) electrons. The molecule has 1 atom stereocenters. The lowest BCUT2D eigenvalue weighted by Gasteiger charge is -2.15. The van der Waals surface area contributed by atoms with E-state index in [0.717, 1.165) is 28.1 Å². The lowest BCUT2D eigenvalue weighted by molar-refractivity contribution is -0.149.